The maximum atomic E-state index is 13.5. The van der Waals surface area contributed by atoms with Gasteiger partial charge in [0.25, 0.3) is 0 Å². The maximum absolute atomic E-state index is 13.5. The van der Waals surface area contributed by atoms with Crippen LogP contribution in [0.2, 0.25) is 0 Å². The van der Waals surface area contributed by atoms with Crippen molar-refractivity contribution >= 4 is 18.0 Å². The minimum absolute atomic E-state index is 0.0468. The third-order valence-electron chi connectivity index (χ3n) is 9.53. The van der Waals surface area contributed by atoms with Crippen LogP contribution in [0, 0.1) is 28.6 Å². The molecule has 0 spiro atoms. The van der Waals surface area contributed by atoms with Crippen molar-refractivity contribution in [2.75, 3.05) is 6.61 Å². The van der Waals surface area contributed by atoms with Crippen molar-refractivity contribution in [3.63, 3.8) is 0 Å². The number of rotatable bonds is 3. The van der Waals surface area contributed by atoms with Gasteiger partial charge in [-0.15, -0.1) is 0 Å². The van der Waals surface area contributed by atoms with E-state index in [-0.39, 0.29) is 23.5 Å². The lowest BCUT2D eigenvalue weighted by Gasteiger charge is -2.53. The van der Waals surface area contributed by atoms with Crippen LogP contribution in [0.15, 0.2) is 22.8 Å². The standard InChI is InChI=1S/C27H36O8/c1-13(2)16-6-7-25(4)8-9-26(5)21(20(16)25)17(30)10-15(11-28)19-23(26)35-24-27(19,32)22(31)18(12-33-24)34-14(3)29/h10-11,13,17-19,21,23-24,30,32H,6-9,12H2,1-5H3/t17-,18-,19-,21-,23+,24-,25+,26-,27-/m1/s1. The van der Waals surface area contributed by atoms with Crippen LogP contribution in [0.1, 0.15) is 60.3 Å². The van der Waals surface area contributed by atoms with Gasteiger partial charge in [-0.25, -0.2) is 0 Å². The van der Waals surface area contributed by atoms with E-state index in [9.17, 15) is 24.6 Å². The van der Waals surface area contributed by atoms with Crippen LogP contribution >= 0.6 is 0 Å². The summed E-state index contributed by atoms with van der Waals surface area (Å²) < 4.78 is 17.2. The second kappa shape index (κ2) is 8.07. The molecule has 1 saturated carbocycles. The molecule has 3 aliphatic carbocycles. The molecule has 35 heavy (non-hydrogen) atoms. The Morgan fingerprint density at radius 3 is 2.57 bits per heavy atom. The molecule has 2 heterocycles. The van der Waals surface area contributed by atoms with Crippen LogP contribution in [0.3, 0.4) is 0 Å². The number of aldehydes is 1. The van der Waals surface area contributed by atoms with Crippen LogP contribution < -0.4 is 0 Å². The summed E-state index contributed by atoms with van der Waals surface area (Å²) in [6, 6.07) is 0. The summed E-state index contributed by atoms with van der Waals surface area (Å²) in [5.74, 6) is -2.45. The van der Waals surface area contributed by atoms with E-state index in [2.05, 4.69) is 20.8 Å². The normalized spacial score (nSPS) is 46.9. The molecule has 0 bridgehead atoms. The minimum Gasteiger partial charge on any atom is -0.452 e. The summed E-state index contributed by atoms with van der Waals surface area (Å²) in [5.41, 5.74) is -0.216. The van der Waals surface area contributed by atoms with Crippen LogP contribution in [0.25, 0.3) is 0 Å². The lowest BCUT2D eigenvalue weighted by molar-refractivity contribution is -0.244. The van der Waals surface area contributed by atoms with Gasteiger partial charge in [0.05, 0.1) is 24.7 Å². The van der Waals surface area contributed by atoms with Gasteiger partial charge < -0.3 is 24.4 Å². The fourth-order valence-corrected chi connectivity index (χ4v) is 7.81. The Bertz CT molecular complexity index is 1030. The Morgan fingerprint density at radius 1 is 1.23 bits per heavy atom. The number of hydrogen-bond donors (Lipinski definition) is 2. The summed E-state index contributed by atoms with van der Waals surface area (Å²) in [6.45, 7) is 9.59. The van der Waals surface area contributed by atoms with E-state index in [1.165, 1.54) is 24.1 Å². The zero-order valence-electron chi connectivity index (χ0n) is 21.1. The van der Waals surface area contributed by atoms with Crippen molar-refractivity contribution in [1.29, 1.82) is 0 Å². The first kappa shape index (κ1) is 24.8. The molecule has 2 saturated heterocycles. The van der Waals surface area contributed by atoms with Crippen LogP contribution in [-0.2, 0) is 28.6 Å². The number of aliphatic hydroxyl groups is 2. The largest absolute Gasteiger partial charge is 0.452 e. The zero-order valence-corrected chi connectivity index (χ0v) is 21.1. The number of hydrogen-bond acceptors (Lipinski definition) is 8. The van der Waals surface area contributed by atoms with E-state index >= 15 is 0 Å². The van der Waals surface area contributed by atoms with Gasteiger partial charge in [0.15, 0.2) is 18.0 Å². The highest BCUT2D eigenvalue weighted by Gasteiger charge is 2.72. The fourth-order valence-electron chi connectivity index (χ4n) is 7.81. The molecular weight excluding hydrogens is 452 g/mol. The summed E-state index contributed by atoms with van der Waals surface area (Å²) in [4.78, 5) is 37.4. The molecule has 0 aromatic carbocycles. The summed E-state index contributed by atoms with van der Waals surface area (Å²) >= 11 is 0. The van der Waals surface area contributed by atoms with Gasteiger partial charge in [0.2, 0.25) is 5.78 Å². The summed E-state index contributed by atoms with van der Waals surface area (Å²) in [7, 11) is 0. The number of allylic oxidation sites excluding steroid dienone is 1. The molecule has 0 aromatic heterocycles. The molecule has 8 nitrogen and oxygen atoms in total. The fraction of sp³-hybridized carbons (Fsp3) is 0.741. The highest BCUT2D eigenvalue weighted by Crippen LogP contribution is 2.66. The number of ether oxygens (including phenoxy) is 3. The van der Waals surface area contributed by atoms with E-state index in [4.69, 9.17) is 14.2 Å². The highest BCUT2D eigenvalue weighted by molar-refractivity contribution is 5.96. The molecule has 0 radical (unpaired) electrons. The number of carbonyl (C=O) groups excluding carboxylic acids is 3. The van der Waals surface area contributed by atoms with E-state index < -0.39 is 53.3 Å². The molecule has 3 fully saturated rings. The van der Waals surface area contributed by atoms with Crippen LogP contribution in [-0.4, -0.2) is 65.1 Å². The molecule has 0 amide bonds. The molecule has 192 valence electrons. The predicted octanol–water partition coefficient (Wildman–Crippen LogP) is 2.26. The first-order valence-corrected chi connectivity index (χ1v) is 12.7. The molecule has 2 aliphatic heterocycles. The molecule has 0 unspecified atom stereocenters. The smallest absolute Gasteiger partial charge is 0.303 e. The monoisotopic (exact) mass is 488 g/mol. The third kappa shape index (κ3) is 3.29. The van der Waals surface area contributed by atoms with Crippen molar-refractivity contribution in [2.45, 2.75) is 90.5 Å². The van der Waals surface area contributed by atoms with E-state index in [0.29, 0.717) is 18.6 Å². The lowest BCUT2D eigenvalue weighted by Crippen LogP contribution is -2.62. The van der Waals surface area contributed by atoms with Gasteiger partial charge in [-0.1, -0.05) is 38.8 Å². The minimum atomic E-state index is -2.21. The number of aliphatic hydroxyl groups excluding tert-OH is 1. The average molecular weight is 489 g/mol. The number of Topliss-reactive ketones (excluding diaryl/α,β-unsaturated/α-hetero) is 1. The second-order valence-corrected chi connectivity index (χ2v) is 11.9. The molecular formula is C27H36O8. The van der Waals surface area contributed by atoms with Crippen molar-refractivity contribution in [2.24, 2.45) is 28.6 Å². The molecule has 0 aromatic rings. The molecule has 5 rings (SSSR count). The van der Waals surface area contributed by atoms with E-state index in [1.807, 2.05) is 6.92 Å². The lowest BCUT2D eigenvalue weighted by atomic mass is 9.52. The Labute approximate surface area is 205 Å². The Balaban J connectivity index is 1.66. The van der Waals surface area contributed by atoms with Gasteiger partial charge in [-0.2, -0.15) is 0 Å². The van der Waals surface area contributed by atoms with Crippen molar-refractivity contribution in [3.05, 3.63) is 22.8 Å². The Hall–Kier alpha value is -1.87. The predicted molar refractivity (Wildman–Crippen MR) is 124 cm³/mol. The average Bonchev–Trinajstić information content (AvgIpc) is 3.27. The van der Waals surface area contributed by atoms with Crippen LogP contribution in [0.4, 0.5) is 0 Å². The van der Waals surface area contributed by atoms with E-state index in [1.54, 1.807) is 0 Å². The third-order valence-corrected chi connectivity index (χ3v) is 9.53. The number of ketones is 1. The number of fused-ring (bicyclic) bond motifs is 7. The Morgan fingerprint density at radius 2 is 1.94 bits per heavy atom. The first-order valence-electron chi connectivity index (χ1n) is 12.7. The summed E-state index contributed by atoms with van der Waals surface area (Å²) in [5, 5.41) is 23.5. The van der Waals surface area contributed by atoms with Gasteiger partial charge in [0.1, 0.15) is 6.29 Å². The number of carbonyl (C=O) groups is 3. The topological polar surface area (TPSA) is 119 Å². The molecule has 8 heteroatoms. The summed E-state index contributed by atoms with van der Waals surface area (Å²) in [6.07, 6.45) is 1.38. The van der Waals surface area contributed by atoms with Crippen molar-refractivity contribution < 1.29 is 38.8 Å². The van der Waals surface area contributed by atoms with Gasteiger partial charge in [-0.3, -0.25) is 14.4 Å². The quantitative estimate of drug-likeness (QED) is 0.353. The van der Waals surface area contributed by atoms with Crippen molar-refractivity contribution in [1.82, 2.24) is 0 Å². The maximum Gasteiger partial charge on any atom is 0.303 e. The molecule has 9 atom stereocenters. The van der Waals surface area contributed by atoms with Gasteiger partial charge in [0, 0.05) is 18.3 Å². The highest BCUT2D eigenvalue weighted by atomic mass is 16.7. The second-order valence-electron chi connectivity index (χ2n) is 11.9. The van der Waals surface area contributed by atoms with Crippen LogP contribution in [0.5, 0.6) is 0 Å². The molecule has 2 N–H and O–H groups in total. The van der Waals surface area contributed by atoms with Crippen molar-refractivity contribution in [3.8, 4) is 0 Å². The van der Waals surface area contributed by atoms with Gasteiger partial charge in [-0.05, 0) is 48.7 Å². The van der Waals surface area contributed by atoms with Gasteiger partial charge >= 0.3 is 5.97 Å². The first-order chi connectivity index (χ1) is 16.4. The number of esters is 1. The van der Waals surface area contributed by atoms with E-state index in [0.717, 1.165) is 19.3 Å². The Kier molecular flexibility index (Phi) is 5.72. The SMILES string of the molecule is CC(=O)O[C@@H]1CO[C@@H]2O[C@H]3[C@@H](C(C=O)=C[C@@H](O)[C@@H]4C5=C(C(C)C)CC[C@@]5(C)CC[C@@]34C)[C@@]2(O)C1=O. The molecule has 5 aliphatic rings. The zero-order chi connectivity index (χ0) is 25.5.